The molecule has 1 aromatic rings. The van der Waals surface area contributed by atoms with Gasteiger partial charge in [-0.1, -0.05) is 19.1 Å². The van der Waals surface area contributed by atoms with Crippen molar-refractivity contribution in [2.75, 3.05) is 13.1 Å². The third-order valence-electron chi connectivity index (χ3n) is 4.76. The fourth-order valence-electron chi connectivity index (χ4n) is 3.60. The summed E-state index contributed by atoms with van der Waals surface area (Å²) in [6, 6.07) is 6.59. The molecule has 22 heavy (non-hydrogen) atoms. The van der Waals surface area contributed by atoms with Crippen LogP contribution >= 0.6 is 0 Å². The van der Waals surface area contributed by atoms with E-state index in [1.54, 1.807) is 13.0 Å². The molecule has 0 saturated carbocycles. The molecule has 0 amide bonds. The van der Waals surface area contributed by atoms with Crippen LogP contribution in [-0.4, -0.2) is 57.4 Å². The third-order valence-corrected chi connectivity index (χ3v) is 4.76. The summed E-state index contributed by atoms with van der Waals surface area (Å²) in [5, 5.41) is 19.5. The average molecular weight is 308 g/mol. The van der Waals surface area contributed by atoms with E-state index in [0.717, 1.165) is 18.5 Å². The van der Waals surface area contributed by atoms with Crippen molar-refractivity contribution >= 4 is 5.97 Å². The van der Waals surface area contributed by atoms with E-state index in [1.807, 2.05) is 11.0 Å². The molecule has 6 heteroatoms. The first-order valence-corrected chi connectivity index (χ1v) is 7.61. The summed E-state index contributed by atoms with van der Waals surface area (Å²) in [6.45, 7) is 3.42. The number of benzene rings is 1. The monoisotopic (exact) mass is 308 g/mol. The Bertz CT molecular complexity index is 566. The van der Waals surface area contributed by atoms with Crippen molar-refractivity contribution < 1.29 is 19.4 Å². The van der Waals surface area contributed by atoms with Crippen LogP contribution in [0.25, 0.3) is 0 Å². The number of carboxylic acid groups (broad SMARTS) is 1. The minimum Gasteiger partial charge on any atom is -0.481 e. The molecule has 1 aromatic carbocycles. The molecule has 2 N–H and O–H groups in total. The molecule has 0 spiro atoms. The summed E-state index contributed by atoms with van der Waals surface area (Å²) < 4.78 is 13.3. The number of likely N-dealkylation sites (tertiary alicyclic amines) is 2. The van der Waals surface area contributed by atoms with Gasteiger partial charge in [-0.15, -0.1) is 0 Å². The lowest BCUT2D eigenvalue weighted by atomic mass is 10.1. The number of carboxylic acids is 1. The van der Waals surface area contributed by atoms with Gasteiger partial charge in [0, 0.05) is 25.7 Å². The Morgan fingerprint density at radius 2 is 2.27 bits per heavy atom. The van der Waals surface area contributed by atoms with Crippen LogP contribution in [-0.2, 0) is 11.3 Å². The number of carbonyl (C=O) groups is 1. The van der Waals surface area contributed by atoms with Crippen molar-refractivity contribution in [2.24, 2.45) is 5.92 Å². The number of hydrogen-bond acceptors (Lipinski definition) is 4. The number of hydrogen-bond donors (Lipinski definition) is 2. The SMILES string of the molecule is C[C@@H](CN1C[C@@H]2C[C@H]1C(O)N2Cc1cccc(F)c1)C(=O)O. The van der Waals surface area contributed by atoms with Gasteiger partial charge in [0.1, 0.15) is 12.0 Å². The molecule has 2 fully saturated rings. The Hall–Kier alpha value is -1.50. The third kappa shape index (κ3) is 2.86. The largest absolute Gasteiger partial charge is 0.481 e. The second-order valence-corrected chi connectivity index (χ2v) is 6.37. The van der Waals surface area contributed by atoms with Gasteiger partial charge in [0.05, 0.1) is 12.0 Å². The van der Waals surface area contributed by atoms with Gasteiger partial charge in [0.25, 0.3) is 0 Å². The topological polar surface area (TPSA) is 64.0 Å². The number of nitrogens with zero attached hydrogens (tertiary/aromatic N) is 2. The zero-order valence-electron chi connectivity index (χ0n) is 12.5. The molecule has 4 atom stereocenters. The molecule has 120 valence electrons. The summed E-state index contributed by atoms with van der Waals surface area (Å²) in [7, 11) is 0. The lowest BCUT2D eigenvalue weighted by Gasteiger charge is -2.38. The van der Waals surface area contributed by atoms with E-state index in [0.29, 0.717) is 13.1 Å². The normalized spacial score (nSPS) is 29.9. The number of aliphatic carboxylic acids is 1. The number of aliphatic hydroxyl groups excluding tert-OH is 1. The van der Waals surface area contributed by atoms with Crippen LogP contribution in [0.3, 0.4) is 0 Å². The highest BCUT2D eigenvalue weighted by atomic mass is 19.1. The molecule has 2 aliphatic heterocycles. The van der Waals surface area contributed by atoms with Crippen LogP contribution in [0.15, 0.2) is 24.3 Å². The minimum absolute atomic E-state index is 0.0274. The first-order valence-electron chi connectivity index (χ1n) is 7.61. The lowest BCUT2D eigenvalue weighted by molar-refractivity contribution is -0.142. The highest BCUT2D eigenvalue weighted by Crippen LogP contribution is 2.36. The van der Waals surface area contributed by atoms with Gasteiger partial charge in [-0.05, 0) is 24.1 Å². The first kappa shape index (κ1) is 15.4. The second kappa shape index (κ2) is 5.95. The number of aliphatic hydroxyl groups is 1. The molecule has 2 heterocycles. The van der Waals surface area contributed by atoms with E-state index >= 15 is 0 Å². The Morgan fingerprint density at radius 3 is 2.91 bits per heavy atom. The predicted molar refractivity (Wildman–Crippen MR) is 78.5 cm³/mol. The van der Waals surface area contributed by atoms with Gasteiger partial charge in [0.15, 0.2) is 0 Å². The van der Waals surface area contributed by atoms with E-state index in [9.17, 15) is 14.3 Å². The smallest absolute Gasteiger partial charge is 0.307 e. The Morgan fingerprint density at radius 1 is 1.50 bits per heavy atom. The number of rotatable bonds is 5. The van der Waals surface area contributed by atoms with E-state index in [4.69, 9.17) is 5.11 Å². The van der Waals surface area contributed by atoms with Crippen molar-refractivity contribution in [3.63, 3.8) is 0 Å². The van der Waals surface area contributed by atoms with Crippen molar-refractivity contribution in [3.05, 3.63) is 35.6 Å². The average Bonchev–Trinajstić information content (AvgIpc) is 2.98. The predicted octanol–water partition coefficient (Wildman–Crippen LogP) is 1.12. The number of fused-ring (bicyclic) bond motifs is 2. The number of piperazine rings is 1. The van der Waals surface area contributed by atoms with Crippen molar-refractivity contribution in [3.8, 4) is 0 Å². The molecule has 2 bridgehead atoms. The van der Waals surface area contributed by atoms with E-state index in [1.165, 1.54) is 12.1 Å². The van der Waals surface area contributed by atoms with Crippen LogP contribution in [0, 0.1) is 11.7 Å². The number of halogens is 1. The Kier molecular flexibility index (Phi) is 4.16. The maximum atomic E-state index is 13.3. The van der Waals surface area contributed by atoms with Gasteiger partial charge in [0.2, 0.25) is 0 Å². The highest BCUT2D eigenvalue weighted by Gasteiger charge is 2.49. The van der Waals surface area contributed by atoms with E-state index in [-0.39, 0.29) is 17.9 Å². The van der Waals surface area contributed by atoms with Gasteiger partial charge in [-0.2, -0.15) is 0 Å². The lowest BCUT2D eigenvalue weighted by Crippen LogP contribution is -2.53. The molecule has 5 nitrogen and oxygen atoms in total. The van der Waals surface area contributed by atoms with Gasteiger partial charge < -0.3 is 10.2 Å². The van der Waals surface area contributed by atoms with Gasteiger partial charge in [-0.25, -0.2) is 4.39 Å². The molecule has 2 saturated heterocycles. The zero-order chi connectivity index (χ0) is 15.9. The van der Waals surface area contributed by atoms with Crippen molar-refractivity contribution in [1.82, 2.24) is 9.80 Å². The molecule has 2 aliphatic rings. The van der Waals surface area contributed by atoms with Crippen LogP contribution in [0.2, 0.25) is 0 Å². The molecule has 1 unspecified atom stereocenters. The molecular formula is C16H21FN2O3. The molecule has 0 radical (unpaired) electrons. The summed E-state index contributed by atoms with van der Waals surface area (Å²) in [5.74, 6) is -1.52. The van der Waals surface area contributed by atoms with E-state index < -0.39 is 18.1 Å². The summed E-state index contributed by atoms with van der Waals surface area (Å²) >= 11 is 0. The summed E-state index contributed by atoms with van der Waals surface area (Å²) in [6.07, 6.45) is 0.214. The maximum Gasteiger partial charge on any atom is 0.307 e. The van der Waals surface area contributed by atoms with Gasteiger partial charge in [-0.3, -0.25) is 14.6 Å². The summed E-state index contributed by atoms with van der Waals surface area (Å²) in [4.78, 5) is 15.0. The fraction of sp³-hybridized carbons (Fsp3) is 0.562. The van der Waals surface area contributed by atoms with E-state index in [2.05, 4.69) is 4.90 Å². The standard InChI is InChI=1S/C16H21FN2O3/c1-10(16(21)22)7-18-9-13-6-14(18)15(20)19(13)8-11-3-2-4-12(17)5-11/h2-5,10,13-15,20H,6-9H2,1H3,(H,21,22)/t10-,13-,14-,15?/m0/s1. The zero-order valence-corrected chi connectivity index (χ0v) is 12.5. The molecular weight excluding hydrogens is 287 g/mol. The maximum absolute atomic E-state index is 13.3. The molecule has 0 aromatic heterocycles. The minimum atomic E-state index is -0.811. The first-order chi connectivity index (χ1) is 10.5. The van der Waals surface area contributed by atoms with Crippen LogP contribution in [0.5, 0.6) is 0 Å². The van der Waals surface area contributed by atoms with Crippen LogP contribution in [0.1, 0.15) is 18.9 Å². The molecule has 3 rings (SSSR count). The van der Waals surface area contributed by atoms with Crippen molar-refractivity contribution in [1.29, 1.82) is 0 Å². The second-order valence-electron chi connectivity index (χ2n) is 6.37. The highest BCUT2D eigenvalue weighted by molar-refractivity contribution is 5.69. The Balaban J connectivity index is 1.64. The molecule has 0 aliphatic carbocycles. The van der Waals surface area contributed by atoms with Crippen molar-refractivity contribution in [2.45, 2.75) is 38.2 Å². The van der Waals surface area contributed by atoms with Gasteiger partial charge >= 0.3 is 5.97 Å². The summed E-state index contributed by atoms with van der Waals surface area (Å²) in [5.41, 5.74) is 0.844. The quantitative estimate of drug-likeness (QED) is 0.853. The Labute approximate surface area is 129 Å². The van der Waals surface area contributed by atoms with Crippen LogP contribution in [0.4, 0.5) is 4.39 Å². The van der Waals surface area contributed by atoms with Crippen LogP contribution < -0.4 is 0 Å². The fourth-order valence-corrected chi connectivity index (χ4v) is 3.60.